The first-order valence-corrected chi connectivity index (χ1v) is 6.07. The van der Waals surface area contributed by atoms with Gasteiger partial charge >= 0.3 is 0 Å². The van der Waals surface area contributed by atoms with E-state index in [-0.39, 0.29) is 4.75 Å². The van der Waals surface area contributed by atoms with E-state index in [9.17, 15) is 4.21 Å². The van der Waals surface area contributed by atoms with E-state index in [0.29, 0.717) is 5.92 Å². The Hall–Kier alpha value is -0.220. The number of hydrogen-bond donors (Lipinski definition) is 0. The molecule has 3 nitrogen and oxygen atoms in total. The van der Waals surface area contributed by atoms with E-state index in [1.807, 2.05) is 27.7 Å². The third-order valence-electron chi connectivity index (χ3n) is 2.27. The van der Waals surface area contributed by atoms with Crippen molar-refractivity contribution in [3.63, 3.8) is 0 Å². The normalized spacial score (nSPS) is 26.6. The predicted octanol–water partition coefficient (Wildman–Crippen LogP) is 1.95. The van der Waals surface area contributed by atoms with Crippen LogP contribution in [0.4, 0.5) is 0 Å². The summed E-state index contributed by atoms with van der Waals surface area (Å²) in [5.41, 5.74) is 0.968. The Bertz CT molecular complexity index is 249. The van der Waals surface area contributed by atoms with Gasteiger partial charge < -0.3 is 4.74 Å². The molecule has 0 amide bonds. The van der Waals surface area contributed by atoms with E-state index in [1.54, 1.807) is 0 Å². The maximum absolute atomic E-state index is 11.7. The van der Waals surface area contributed by atoms with Crippen LogP contribution in [-0.4, -0.2) is 27.9 Å². The second-order valence-electron chi connectivity index (χ2n) is 4.65. The molecule has 14 heavy (non-hydrogen) atoms. The second-order valence-corrected chi connectivity index (χ2v) is 6.56. The zero-order chi connectivity index (χ0) is 10.8. The fourth-order valence-corrected chi connectivity index (χ4v) is 1.89. The molecule has 0 bridgehead atoms. The van der Waals surface area contributed by atoms with E-state index >= 15 is 0 Å². The van der Waals surface area contributed by atoms with Gasteiger partial charge in [-0.3, -0.25) is 0 Å². The van der Waals surface area contributed by atoms with Crippen LogP contribution in [0.2, 0.25) is 0 Å². The van der Waals surface area contributed by atoms with E-state index in [2.05, 4.69) is 4.40 Å². The number of hydrogen-bond acceptors (Lipinski definition) is 2. The van der Waals surface area contributed by atoms with Crippen molar-refractivity contribution in [3.8, 4) is 0 Å². The van der Waals surface area contributed by atoms with Gasteiger partial charge in [0, 0.05) is 18.2 Å². The van der Waals surface area contributed by atoms with Crippen molar-refractivity contribution >= 4 is 16.7 Å². The molecule has 1 fully saturated rings. The van der Waals surface area contributed by atoms with Crippen molar-refractivity contribution in [3.05, 3.63) is 0 Å². The van der Waals surface area contributed by atoms with Crippen molar-refractivity contribution in [1.29, 1.82) is 0 Å². The van der Waals surface area contributed by atoms with Crippen LogP contribution in [0.1, 0.15) is 34.1 Å². The molecular formula is C10H19NO2S. The average molecular weight is 217 g/mol. The summed E-state index contributed by atoms with van der Waals surface area (Å²) in [6.45, 7) is 9.29. The van der Waals surface area contributed by atoms with Crippen LogP contribution >= 0.6 is 0 Å². The Kier molecular flexibility index (Phi) is 3.84. The van der Waals surface area contributed by atoms with Gasteiger partial charge in [0.05, 0.1) is 11.4 Å². The van der Waals surface area contributed by atoms with E-state index in [0.717, 1.165) is 25.3 Å². The Morgan fingerprint density at radius 1 is 1.50 bits per heavy atom. The largest absolute Gasteiger partial charge is 0.381 e. The SMILES string of the molecule is CC(=N[S@](=O)C(C)(C)C)C1CCOC1. The smallest absolute Gasteiger partial charge is 0.144 e. The molecule has 1 aliphatic rings. The van der Waals surface area contributed by atoms with Crippen molar-refractivity contribution in [2.24, 2.45) is 10.3 Å². The minimum Gasteiger partial charge on any atom is -0.381 e. The third-order valence-corrected chi connectivity index (χ3v) is 3.77. The highest BCUT2D eigenvalue weighted by Gasteiger charge is 2.23. The van der Waals surface area contributed by atoms with Gasteiger partial charge in [0.1, 0.15) is 11.0 Å². The molecule has 82 valence electrons. The summed E-state index contributed by atoms with van der Waals surface area (Å²) in [7, 11) is -1.13. The lowest BCUT2D eigenvalue weighted by Crippen LogP contribution is -2.22. The van der Waals surface area contributed by atoms with Crippen LogP contribution in [0.15, 0.2) is 4.40 Å². The molecule has 0 aromatic rings. The summed E-state index contributed by atoms with van der Waals surface area (Å²) in [6.07, 6.45) is 1.01. The van der Waals surface area contributed by atoms with Gasteiger partial charge in [0.2, 0.25) is 0 Å². The molecule has 2 atom stereocenters. The molecule has 0 aromatic heterocycles. The summed E-state index contributed by atoms with van der Waals surface area (Å²) >= 11 is 0. The molecule has 4 heteroatoms. The maximum atomic E-state index is 11.7. The quantitative estimate of drug-likeness (QED) is 0.663. The highest BCUT2D eigenvalue weighted by atomic mass is 32.2. The van der Waals surface area contributed by atoms with Crippen molar-refractivity contribution < 1.29 is 8.95 Å². The molecule has 1 rings (SSSR count). The van der Waals surface area contributed by atoms with Gasteiger partial charge in [0.25, 0.3) is 0 Å². The number of nitrogens with zero attached hydrogens (tertiary/aromatic N) is 1. The van der Waals surface area contributed by atoms with Crippen molar-refractivity contribution in [1.82, 2.24) is 0 Å². The van der Waals surface area contributed by atoms with Crippen LogP contribution in [0.25, 0.3) is 0 Å². The summed E-state index contributed by atoms with van der Waals surface area (Å²) in [6, 6.07) is 0. The fourth-order valence-electron chi connectivity index (χ4n) is 1.21. The van der Waals surface area contributed by atoms with Gasteiger partial charge in [0.15, 0.2) is 0 Å². The molecule has 1 heterocycles. The van der Waals surface area contributed by atoms with Gasteiger partial charge in [-0.1, -0.05) is 0 Å². The topological polar surface area (TPSA) is 38.7 Å². The van der Waals surface area contributed by atoms with E-state index in [1.165, 1.54) is 0 Å². The molecule has 0 spiro atoms. The van der Waals surface area contributed by atoms with Crippen LogP contribution in [0, 0.1) is 5.92 Å². The summed E-state index contributed by atoms with van der Waals surface area (Å²) in [5.74, 6) is 0.376. The van der Waals surface area contributed by atoms with Crippen LogP contribution in [-0.2, 0) is 15.7 Å². The summed E-state index contributed by atoms with van der Waals surface area (Å²) in [5, 5.41) is 0. The van der Waals surface area contributed by atoms with Gasteiger partial charge in [-0.05, 0) is 34.1 Å². The summed E-state index contributed by atoms with van der Waals surface area (Å²) < 4.78 is 21.0. The highest BCUT2D eigenvalue weighted by molar-refractivity contribution is 7.85. The van der Waals surface area contributed by atoms with Crippen LogP contribution in [0.5, 0.6) is 0 Å². The molecule has 0 saturated carbocycles. The number of rotatable bonds is 2. The Morgan fingerprint density at radius 2 is 2.14 bits per heavy atom. The fraction of sp³-hybridized carbons (Fsp3) is 0.900. The standard InChI is InChI=1S/C10H19NO2S/c1-8(9-5-6-13-7-9)11-14(12)10(2,3)4/h9H,5-7H2,1-4H3/t9?,14-/m1/s1. The van der Waals surface area contributed by atoms with Crippen molar-refractivity contribution in [2.45, 2.75) is 38.9 Å². The molecule has 0 aromatic carbocycles. The average Bonchev–Trinajstić information content (AvgIpc) is 2.53. The maximum Gasteiger partial charge on any atom is 0.144 e. The zero-order valence-corrected chi connectivity index (χ0v) is 10.2. The van der Waals surface area contributed by atoms with Gasteiger partial charge in [-0.25, -0.2) is 4.21 Å². The first-order chi connectivity index (χ1) is 6.41. The Labute approximate surface area is 88.5 Å². The monoisotopic (exact) mass is 217 g/mol. The Balaban J connectivity index is 2.63. The lowest BCUT2D eigenvalue weighted by atomic mass is 10.1. The predicted molar refractivity (Wildman–Crippen MR) is 59.9 cm³/mol. The van der Waals surface area contributed by atoms with Crippen LogP contribution < -0.4 is 0 Å². The minimum absolute atomic E-state index is 0.263. The lowest BCUT2D eigenvalue weighted by molar-refractivity contribution is 0.193. The zero-order valence-electron chi connectivity index (χ0n) is 9.37. The van der Waals surface area contributed by atoms with Crippen molar-refractivity contribution in [2.75, 3.05) is 13.2 Å². The molecule has 0 radical (unpaired) electrons. The molecular weight excluding hydrogens is 198 g/mol. The second kappa shape index (κ2) is 4.53. The molecule has 1 unspecified atom stereocenters. The minimum atomic E-state index is -1.13. The Morgan fingerprint density at radius 3 is 2.57 bits per heavy atom. The first kappa shape index (κ1) is 11.9. The summed E-state index contributed by atoms with van der Waals surface area (Å²) in [4.78, 5) is 0. The number of ether oxygens (including phenoxy) is 1. The highest BCUT2D eigenvalue weighted by Crippen LogP contribution is 2.18. The van der Waals surface area contributed by atoms with Crippen LogP contribution in [0.3, 0.4) is 0 Å². The molecule has 1 aliphatic heterocycles. The van der Waals surface area contributed by atoms with Gasteiger partial charge in [-0.15, -0.1) is 0 Å². The molecule has 0 N–H and O–H groups in total. The van der Waals surface area contributed by atoms with E-state index < -0.39 is 11.0 Å². The third kappa shape index (κ3) is 3.17. The first-order valence-electron chi connectivity index (χ1n) is 4.96. The molecule has 0 aliphatic carbocycles. The van der Waals surface area contributed by atoms with E-state index in [4.69, 9.17) is 4.74 Å². The lowest BCUT2D eigenvalue weighted by Gasteiger charge is -2.15. The van der Waals surface area contributed by atoms with Gasteiger partial charge in [-0.2, -0.15) is 4.40 Å². The molecule has 1 saturated heterocycles.